The fourth-order valence-corrected chi connectivity index (χ4v) is 2.78. The van der Waals surface area contributed by atoms with Crippen LogP contribution in [0.2, 0.25) is 0 Å². The van der Waals surface area contributed by atoms with Crippen molar-refractivity contribution in [2.45, 2.75) is 65.7 Å². The van der Waals surface area contributed by atoms with Gasteiger partial charge in [0.2, 0.25) is 0 Å². The number of hydrogen-bond donors (Lipinski definition) is 1. The van der Waals surface area contributed by atoms with E-state index < -0.39 is 0 Å². The molecule has 3 rings (SSSR count). The van der Waals surface area contributed by atoms with Gasteiger partial charge >= 0.3 is 0 Å². The molecule has 0 saturated heterocycles. The number of hydrogen-bond acceptors (Lipinski definition) is 2. The van der Waals surface area contributed by atoms with Crippen molar-refractivity contribution in [3.05, 3.63) is 29.6 Å². The highest BCUT2D eigenvalue weighted by Crippen LogP contribution is 2.28. The van der Waals surface area contributed by atoms with Crippen LogP contribution < -0.4 is 0 Å². The molecule has 0 atom stereocenters. The highest BCUT2D eigenvalue weighted by molar-refractivity contribution is 5.84. The standard InChI is InChI=1S/C17H22N2O.C2H6.H2/c1-17(2,3)12-5-6-14-15(10-12)19-16(18-14)7-4-11-8-13(20)9-11;1-2;/h5-6,10-11H,4,7-9H2,1-3H3,(H,18,19);1-2H3;1H. The average Bonchev–Trinajstić information content (AvgIpc) is 2.85. The third-order valence-electron chi connectivity index (χ3n) is 4.22. The molecule has 22 heavy (non-hydrogen) atoms. The lowest BCUT2D eigenvalue weighted by molar-refractivity contribution is -0.126. The van der Waals surface area contributed by atoms with Crippen LogP contribution in [0.1, 0.15) is 66.7 Å². The number of Topliss-reactive ketones (excluding diaryl/α,β-unsaturated/α-hetero) is 1. The van der Waals surface area contributed by atoms with Crippen LogP contribution in [-0.2, 0) is 16.6 Å². The minimum atomic E-state index is 0. The Morgan fingerprint density at radius 1 is 1.27 bits per heavy atom. The Morgan fingerprint density at radius 3 is 2.55 bits per heavy atom. The second-order valence-electron chi connectivity index (χ2n) is 7.02. The maximum absolute atomic E-state index is 11.0. The number of nitrogens with one attached hydrogen (secondary N) is 1. The van der Waals surface area contributed by atoms with Crippen LogP contribution in [-0.4, -0.2) is 15.8 Å². The van der Waals surface area contributed by atoms with Crippen LogP contribution in [0.5, 0.6) is 0 Å². The molecule has 0 amide bonds. The first kappa shape index (κ1) is 16.7. The average molecular weight is 302 g/mol. The van der Waals surface area contributed by atoms with E-state index in [2.05, 4.69) is 48.9 Å². The molecule has 3 nitrogen and oxygen atoms in total. The molecule has 1 saturated carbocycles. The van der Waals surface area contributed by atoms with E-state index in [-0.39, 0.29) is 6.84 Å². The molecular formula is C19H30N2O. The predicted molar refractivity (Wildman–Crippen MR) is 94.3 cm³/mol. The zero-order valence-corrected chi connectivity index (χ0v) is 14.5. The number of carbonyl (C=O) groups is 1. The molecule has 0 bridgehead atoms. The van der Waals surface area contributed by atoms with Gasteiger partial charge in [0.25, 0.3) is 0 Å². The molecular weight excluding hydrogens is 272 g/mol. The first-order valence-corrected chi connectivity index (χ1v) is 8.42. The SMILES string of the molecule is CC.CC(C)(C)c1ccc2nc(CCC3CC(=O)C3)[nH]c2c1.[HH]. The van der Waals surface area contributed by atoms with Crippen molar-refractivity contribution in [2.75, 3.05) is 0 Å². The monoisotopic (exact) mass is 302 g/mol. The molecule has 3 heteroatoms. The first-order chi connectivity index (χ1) is 10.4. The van der Waals surface area contributed by atoms with Crippen LogP contribution >= 0.6 is 0 Å². The van der Waals surface area contributed by atoms with Crippen molar-refractivity contribution in [2.24, 2.45) is 5.92 Å². The summed E-state index contributed by atoms with van der Waals surface area (Å²) in [6.45, 7) is 10.7. The zero-order chi connectivity index (χ0) is 16.3. The van der Waals surface area contributed by atoms with Crippen molar-refractivity contribution in [1.29, 1.82) is 0 Å². The van der Waals surface area contributed by atoms with Gasteiger partial charge in [-0.05, 0) is 35.4 Å². The van der Waals surface area contributed by atoms with E-state index >= 15 is 0 Å². The van der Waals surface area contributed by atoms with Crippen molar-refractivity contribution >= 4 is 16.8 Å². The fourth-order valence-electron chi connectivity index (χ4n) is 2.78. The molecule has 1 aromatic carbocycles. The number of imidazole rings is 1. The Hall–Kier alpha value is -1.64. The van der Waals surface area contributed by atoms with Crippen LogP contribution in [0, 0.1) is 5.92 Å². The minimum Gasteiger partial charge on any atom is -0.342 e. The molecule has 1 heterocycles. The summed E-state index contributed by atoms with van der Waals surface area (Å²) >= 11 is 0. The number of ketones is 1. The molecule has 0 radical (unpaired) electrons. The number of carbonyl (C=O) groups excluding carboxylic acids is 1. The van der Waals surface area contributed by atoms with Crippen LogP contribution in [0.25, 0.3) is 11.0 Å². The Morgan fingerprint density at radius 2 is 1.95 bits per heavy atom. The number of aromatic nitrogens is 2. The molecule has 1 N–H and O–H groups in total. The smallest absolute Gasteiger partial charge is 0.133 e. The second kappa shape index (κ2) is 6.64. The van der Waals surface area contributed by atoms with Gasteiger partial charge in [0, 0.05) is 20.7 Å². The van der Waals surface area contributed by atoms with Gasteiger partial charge in [-0.3, -0.25) is 4.79 Å². The minimum absolute atomic E-state index is 0. The maximum Gasteiger partial charge on any atom is 0.133 e. The van der Waals surface area contributed by atoms with E-state index in [0.29, 0.717) is 11.7 Å². The summed E-state index contributed by atoms with van der Waals surface area (Å²) in [5.41, 5.74) is 3.64. The van der Waals surface area contributed by atoms with Gasteiger partial charge < -0.3 is 4.98 Å². The van der Waals surface area contributed by atoms with E-state index in [1.54, 1.807) is 0 Å². The van der Waals surface area contributed by atoms with Gasteiger partial charge in [0.1, 0.15) is 11.6 Å². The molecule has 122 valence electrons. The molecule has 0 aliphatic heterocycles. The summed E-state index contributed by atoms with van der Waals surface area (Å²) in [6.07, 6.45) is 3.55. The summed E-state index contributed by atoms with van der Waals surface area (Å²) in [5, 5.41) is 0. The molecule has 1 aliphatic carbocycles. The molecule has 0 unspecified atom stereocenters. The van der Waals surface area contributed by atoms with Gasteiger partial charge in [-0.1, -0.05) is 40.7 Å². The Bertz CT molecular complexity index is 647. The quantitative estimate of drug-likeness (QED) is 0.863. The summed E-state index contributed by atoms with van der Waals surface area (Å²) in [4.78, 5) is 19.0. The largest absolute Gasteiger partial charge is 0.342 e. The van der Waals surface area contributed by atoms with Gasteiger partial charge in [-0.2, -0.15) is 0 Å². The highest BCUT2D eigenvalue weighted by Gasteiger charge is 2.26. The Kier molecular flexibility index (Phi) is 5.05. The summed E-state index contributed by atoms with van der Waals surface area (Å²) in [6, 6.07) is 6.47. The number of rotatable bonds is 3. The van der Waals surface area contributed by atoms with Crippen molar-refractivity contribution in [3.63, 3.8) is 0 Å². The van der Waals surface area contributed by atoms with E-state index in [9.17, 15) is 4.79 Å². The van der Waals surface area contributed by atoms with Crippen molar-refractivity contribution in [1.82, 2.24) is 9.97 Å². The van der Waals surface area contributed by atoms with Gasteiger partial charge in [-0.15, -0.1) is 0 Å². The molecule has 1 fully saturated rings. The fraction of sp³-hybridized carbons (Fsp3) is 0.579. The number of aryl methyl sites for hydroxylation is 1. The van der Waals surface area contributed by atoms with E-state index in [1.165, 1.54) is 5.56 Å². The maximum atomic E-state index is 11.0. The van der Waals surface area contributed by atoms with Crippen LogP contribution in [0.4, 0.5) is 0 Å². The Balaban J connectivity index is 0.000000849. The van der Waals surface area contributed by atoms with Crippen LogP contribution in [0.15, 0.2) is 18.2 Å². The van der Waals surface area contributed by atoms with E-state index in [0.717, 1.165) is 42.5 Å². The van der Waals surface area contributed by atoms with E-state index in [4.69, 9.17) is 0 Å². The van der Waals surface area contributed by atoms with Gasteiger partial charge in [-0.25, -0.2) is 4.98 Å². The van der Waals surface area contributed by atoms with Gasteiger partial charge in [0.05, 0.1) is 11.0 Å². The summed E-state index contributed by atoms with van der Waals surface area (Å²) in [5.74, 6) is 2.04. The zero-order valence-electron chi connectivity index (χ0n) is 14.5. The predicted octanol–water partition coefficient (Wildman–Crippen LogP) is 5.04. The number of benzene rings is 1. The number of fused-ring (bicyclic) bond motifs is 1. The second-order valence-corrected chi connectivity index (χ2v) is 7.02. The van der Waals surface area contributed by atoms with Crippen LogP contribution in [0.3, 0.4) is 0 Å². The lowest BCUT2D eigenvalue weighted by Gasteiger charge is -2.23. The Labute approximate surface area is 135 Å². The summed E-state index contributed by atoms with van der Waals surface area (Å²) < 4.78 is 0. The van der Waals surface area contributed by atoms with E-state index in [1.807, 2.05) is 13.8 Å². The number of aromatic amines is 1. The third-order valence-corrected chi connectivity index (χ3v) is 4.22. The number of nitrogens with zero attached hydrogens (tertiary/aromatic N) is 1. The van der Waals surface area contributed by atoms with Crippen molar-refractivity contribution in [3.8, 4) is 0 Å². The number of H-pyrrole nitrogens is 1. The molecule has 2 aromatic rings. The third kappa shape index (κ3) is 3.76. The topological polar surface area (TPSA) is 45.8 Å². The molecule has 1 aliphatic rings. The lowest BCUT2D eigenvalue weighted by Crippen LogP contribution is -2.23. The normalized spacial score (nSPS) is 15.4. The van der Waals surface area contributed by atoms with Gasteiger partial charge in [0.15, 0.2) is 0 Å². The highest BCUT2D eigenvalue weighted by atomic mass is 16.1. The molecule has 0 spiro atoms. The molecule has 1 aromatic heterocycles. The summed E-state index contributed by atoms with van der Waals surface area (Å²) in [7, 11) is 0. The lowest BCUT2D eigenvalue weighted by atomic mass is 9.81. The van der Waals surface area contributed by atoms with Crippen molar-refractivity contribution < 1.29 is 6.22 Å². The first-order valence-electron chi connectivity index (χ1n) is 8.42.